The Hall–Kier alpha value is -1.34. The van der Waals surface area contributed by atoms with Gasteiger partial charge in [-0.1, -0.05) is 6.92 Å². The summed E-state index contributed by atoms with van der Waals surface area (Å²) in [4.78, 5) is 0. The number of hydrogen-bond donors (Lipinski definition) is 2. The van der Waals surface area contributed by atoms with E-state index in [0.29, 0.717) is 24.1 Å². The highest BCUT2D eigenvalue weighted by atomic mass is 79.9. The summed E-state index contributed by atoms with van der Waals surface area (Å²) in [7, 11) is 1.73. The Morgan fingerprint density at radius 1 is 1.38 bits per heavy atom. The van der Waals surface area contributed by atoms with Crippen molar-refractivity contribution < 1.29 is 9.47 Å². The van der Waals surface area contributed by atoms with Crippen molar-refractivity contribution in [3.05, 3.63) is 22.2 Å². The fourth-order valence-electron chi connectivity index (χ4n) is 1.49. The van der Waals surface area contributed by atoms with E-state index in [1.807, 2.05) is 19.1 Å². The van der Waals surface area contributed by atoms with Crippen LogP contribution in [0, 0.1) is 0 Å². The van der Waals surface area contributed by atoms with E-state index in [4.69, 9.17) is 21.7 Å². The van der Waals surface area contributed by atoms with Gasteiger partial charge in [-0.2, -0.15) is 5.10 Å². The molecule has 21 heavy (non-hydrogen) atoms. The molecule has 0 aliphatic rings. The van der Waals surface area contributed by atoms with Crippen LogP contribution in [0.1, 0.15) is 25.8 Å². The maximum Gasteiger partial charge on any atom is 0.186 e. The maximum atomic E-state index is 5.72. The van der Waals surface area contributed by atoms with E-state index in [1.54, 1.807) is 13.3 Å². The molecular weight excluding hydrogens is 354 g/mol. The van der Waals surface area contributed by atoms with Gasteiger partial charge in [-0.05, 0) is 59.2 Å². The molecule has 0 radical (unpaired) electrons. The Balaban J connectivity index is 2.94. The molecule has 0 spiro atoms. The highest BCUT2D eigenvalue weighted by molar-refractivity contribution is 9.10. The van der Waals surface area contributed by atoms with Crippen molar-refractivity contribution in [2.24, 2.45) is 5.10 Å². The van der Waals surface area contributed by atoms with E-state index in [0.717, 1.165) is 22.2 Å². The first-order valence-corrected chi connectivity index (χ1v) is 7.92. The predicted molar refractivity (Wildman–Crippen MR) is 93.5 cm³/mol. The monoisotopic (exact) mass is 373 g/mol. The van der Waals surface area contributed by atoms with Gasteiger partial charge in [-0.3, -0.25) is 5.43 Å². The molecule has 0 amide bonds. The highest BCUT2D eigenvalue weighted by Crippen LogP contribution is 2.36. The van der Waals surface area contributed by atoms with E-state index in [9.17, 15) is 0 Å². The number of nitrogens with one attached hydrogen (secondary N) is 2. The predicted octanol–water partition coefficient (Wildman–Crippen LogP) is 3.06. The van der Waals surface area contributed by atoms with Gasteiger partial charge in [0.2, 0.25) is 0 Å². The Bertz CT molecular complexity index is 509. The van der Waals surface area contributed by atoms with E-state index in [1.165, 1.54) is 0 Å². The Labute approximate surface area is 139 Å². The van der Waals surface area contributed by atoms with Crippen LogP contribution >= 0.6 is 28.1 Å². The third kappa shape index (κ3) is 5.89. The number of hydrogen-bond acceptors (Lipinski definition) is 4. The zero-order chi connectivity index (χ0) is 15.7. The first kappa shape index (κ1) is 17.7. The van der Waals surface area contributed by atoms with Crippen molar-refractivity contribution in [3.63, 3.8) is 0 Å². The second kappa shape index (κ2) is 9.57. The quantitative estimate of drug-likeness (QED) is 0.437. The summed E-state index contributed by atoms with van der Waals surface area (Å²) >= 11 is 8.45. The number of rotatable bonds is 7. The molecule has 0 unspecified atom stereocenters. The number of thiocarbonyl (C=S) groups is 1. The summed E-state index contributed by atoms with van der Waals surface area (Å²) in [5.41, 5.74) is 3.58. The molecule has 2 N–H and O–H groups in total. The molecular formula is C14H20BrN3O2S. The van der Waals surface area contributed by atoms with Gasteiger partial charge in [-0.15, -0.1) is 0 Å². The van der Waals surface area contributed by atoms with Crippen molar-refractivity contribution in [3.8, 4) is 11.5 Å². The second-order valence-electron chi connectivity index (χ2n) is 4.06. The number of ether oxygens (including phenoxy) is 2. The standard InChI is InChI=1S/C14H20BrN3O2S/c1-4-6-20-13-11(15)7-10(8-12(13)19-5-2)9-17-18-14(21)16-3/h7-9H,4-6H2,1-3H3,(H2,16,18,21)/b17-9-. The molecule has 0 fully saturated rings. The summed E-state index contributed by atoms with van der Waals surface area (Å²) < 4.78 is 12.2. The van der Waals surface area contributed by atoms with Crippen molar-refractivity contribution in [2.75, 3.05) is 20.3 Å². The average molecular weight is 374 g/mol. The lowest BCUT2D eigenvalue weighted by Crippen LogP contribution is -2.28. The third-order valence-electron chi connectivity index (χ3n) is 2.39. The first-order valence-electron chi connectivity index (χ1n) is 6.72. The minimum absolute atomic E-state index is 0.457. The lowest BCUT2D eigenvalue weighted by molar-refractivity contribution is 0.275. The summed E-state index contributed by atoms with van der Waals surface area (Å²) in [6, 6.07) is 3.80. The van der Waals surface area contributed by atoms with Crippen LogP contribution in [-0.2, 0) is 0 Å². The largest absolute Gasteiger partial charge is 0.490 e. The lowest BCUT2D eigenvalue weighted by Gasteiger charge is -2.14. The smallest absolute Gasteiger partial charge is 0.186 e. The van der Waals surface area contributed by atoms with Gasteiger partial charge in [0.25, 0.3) is 0 Å². The van der Waals surface area contributed by atoms with Crippen LogP contribution in [0.3, 0.4) is 0 Å². The van der Waals surface area contributed by atoms with Gasteiger partial charge in [0.1, 0.15) is 0 Å². The molecule has 0 aliphatic carbocycles. The van der Waals surface area contributed by atoms with Crippen molar-refractivity contribution in [1.29, 1.82) is 0 Å². The zero-order valence-corrected chi connectivity index (χ0v) is 14.8. The molecule has 1 aromatic rings. The summed E-state index contributed by atoms with van der Waals surface area (Å²) in [5, 5.41) is 7.29. The van der Waals surface area contributed by atoms with Crippen LogP contribution in [0.15, 0.2) is 21.7 Å². The van der Waals surface area contributed by atoms with Gasteiger partial charge in [-0.25, -0.2) is 0 Å². The van der Waals surface area contributed by atoms with E-state index >= 15 is 0 Å². The van der Waals surface area contributed by atoms with E-state index < -0.39 is 0 Å². The highest BCUT2D eigenvalue weighted by Gasteiger charge is 2.11. The molecule has 1 rings (SSSR count). The minimum atomic E-state index is 0.457. The van der Waals surface area contributed by atoms with Gasteiger partial charge >= 0.3 is 0 Å². The topological polar surface area (TPSA) is 54.9 Å². The number of halogens is 1. The van der Waals surface area contributed by atoms with Gasteiger partial charge in [0, 0.05) is 7.05 Å². The first-order chi connectivity index (χ1) is 10.1. The fourth-order valence-corrected chi connectivity index (χ4v) is 2.12. The Morgan fingerprint density at radius 2 is 2.14 bits per heavy atom. The molecule has 116 valence electrons. The minimum Gasteiger partial charge on any atom is -0.490 e. The maximum absolute atomic E-state index is 5.72. The van der Waals surface area contributed by atoms with Crippen LogP contribution < -0.4 is 20.2 Å². The summed E-state index contributed by atoms with van der Waals surface area (Å²) in [6.45, 7) is 5.21. The van der Waals surface area contributed by atoms with E-state index in [2.05, 4.69) is 38.7 Å². The van der Waals surface area contributed by atoms with Crippen LogP contribution in [-0.4, -0.2) is 31.6 Å². The van der Waals surface area contributed by atoms with Crippen molar-refractivity contribution >= 4 is 39.5 Å². The van der Waals surface area contributed by atoms with Crippen molar-refractivity contribution in [1.82, 2.24) is 10.7 Å². The van der Waals surface area contributed by atoms with Crippen LogP contribution in [0.5, 0.6) is 11.5 Å². The average Bonchev–Trinajstić information content (AvgIpc) is 2.46. The molecule has 0 saturated heterocycles. The fraction of sp³-hybridized carbons (Fsp3) is 0.429. The second-order valence-corrected chi connectivity index (χ2v) is 5.32. The molecule has 0 saturated carbocycles. The molecule has 7 heteroatoms. The molecule has 0 atom stereocenters. The molecule has 0 aliphatic heterocycles. The Morgan fingerprint density at radius 3 is 2.76 bits per heavy atom. The van der Waals surface area contributed by atoms with Crippen molar-refractivity contribution in [2.45, 2.75) is 20.3 Å². The summed E-state index contributed by atoms with van der Waals surface area (Å²) in [6.07, 6.45) is 2.60. The zero-order valence-electron chi connectivity index (χ0n) is 12.4. The van der Waals surface area contributed by atoms with Crippen LogP contribution in [0.2, 0.25) is 0 Å². The number of nitrogens with zero attached hydrogens (tertiary/aromatic N) is 1. The Kier molecular flexibility index (Phi) is 8.07. The van der Waals surface area contributed by atoms with Gasteiger partial charge < -0.3 is 14.8 Å². The summed E-state index contributed by atoms with van der Waals surface area (Å²) in [5.74, 6) is 1.41. The molecule has 0 aromatic heterocycles. The molecule has 0 heterocycles. The van der Waals surface area contributed by atoms with Crippen LogP contribution in [0.4, 0.5) is 0 Å². The lowest BCUT2D eigenvalue weighted by atomic mass is 10.2. The van der Waals surface area contributed by atoms with Gasteiger partial charge in [0.05, 0.1) is 23.9 Å². The van der Waals surface area contributed by atoms with E-state index in [-0.39, 0.29) is 0 Å². The SMILES string of the molecule is CCCOc1c(Br)cc(/C=N\NC(=S)NC)cc1OCC. The van der Waals surface area contributed by atoms with Crippen LogP contribution in [0.25, 0.3) is 0 Å². The molecule has 5 nitrogen and oxygen atoms in total. The normalized spacial score (nSPS) is 10.5. The van der Waals surface area contributed by atoms with Gasteiger partial charge in [0.15, 0.2) is 16.6 Å². The molecule has 0 bridgehead atoms. The third-order valence-corrected chi connectivity index (χ3v) is 3.27. The number of benzene rings is 1. The number of hydrazone groups is 1. The molecule has 1 aromatic carbocycles.